The Balaban J connectivity index is 2.61. The summed E-state index contributed by atoms with van der Waals surface area (Å²) < 4.78 is 5.10. The normalized spacial score (nSPS) is 9.94. The van der Waals surface area contributed by atoms with E-state index in [-0.39, 0.29) is 5.56 Å². The van der Waals surface area contributed by atoms with Crippen LogP contribution in [0.25, 0.3) is 11.1 Å². The van der Waals surface area contributed by atoms with Crippen LogP contribution in [-0.4, -0.2) is 23.2 Å². The quantitative estimate of drug-likeness (QED) is 0.878. The molecule has 0 atom stereocenters. The summed E-state index contributed by atoms with van der Waals surface area (Å²) in [5, 5.41) is 9.13. The number of nitrogens with zero attached hydrogens (tertiary/aromatic N) is 1. The molecule has 0 aliphatic heterocycles. The van der Waals surface area contributed by atoms with Crippen molar-refractivity contribution >= 4 is 5.97 Å². The first-order valence-electron chi connectivity index (χ1n) is 5.04. The molecule has 0 aliphatic rings. The molecule has 0 radical (unpaired) electrons. The number of pyridine rings is 1. The fraction of sp³-hybridized carbons (Fsp3) is 0.0769. The van der Waals surface area contributed by atoms with Crippen molar-refractivity contribution in [3.63, 3.8) is 0 Å². The van der Waals surface area contributed by atoms with Gasteiger partial charge in [-0.3, -0.25) is 4.98 Å². The Labute approximate surface area is 98.5 Å². The van der Waals surface area contributed by atoms with Crippen LogP contribution < -0.4 is 4.74 Å². The van der Waals surface area contributed by atoms with Gasteiger partial charge in [-0.1, -0.05) is 6.07 Å². The highest BCUT2D eigenvalue weighted by Crippen LogP contribution is 2.27. The van der Waals surface area contributed by atoms with Crippen molar-refractivity contribution in [2.24, 2.45) is 0 Å². The van der Waals surface area contributed by atoms with E-state index in [4.69, 9.17) is 9.84 Å². The van der Waals surface area contributed by atoms with Crippen LogP contribution in [0.2, 0.25) is 0 Å². The molecule has 0 aliphatic carbocycles. The van der Waals surface area contributed by atoms with Crippen LogP contribution in [0, 0.1) is 0 Å². The van der Waals surface area contributed by atoms with E-state index in [0.717, 1.165) is 5.56 Å². The lowest BCUT2D eigenvalue weighted by Gasteiger charge is -2.08. The monoisotopic (exact) mass is 229 g/mol. The van der Waals surface area contributed by atoms with E-state index in [0.29, 0.717) is 11.3 Å². The molecule has 4 heteroatoms. The lowest BCUT2D eigenvalue weighted by atomic mass is 10.0. The molecule has 0 saturated carbocycles. The number of ether oxygens (including phenoxy) is 1. The van der Waals surface area contributed by atoms with Gasteiger partial charge in [0.05, 0.1) is 12.7 Å². The lowest BCUT2D eigenvalue weighted by molar-refractivity contribution is 0.0697. The molecule has 0 saturated heterocycles. The van der Waals surface area contributed by atoms with Crippen LogP contribution in [0.1, 0.15) is 10.4 Å². The summed E-state index contributed by atoms with van der Waals surface area (Å²) >= 11 is 0. The molecule has 0 bridgehead atoms. The molecule has 1 heterocycles. The standard InChI is InChI=1S/C13H11NO3/c1-17-10-4-5-11(13(15)16)12(7-10)9-3-2-6-14-8-9/h2-8H,1H3,(H,15,16). The van der Waals surface area contributed by atoms with Gasteiger partial charge in [-0.05, 0) is 24.3 Å². The molecule has 1 aromatic heterocycles. The highest BCUT2D eigenvalue weighted by Gasteiger charge is 2.12. The molecule has 17 heavy (non-hydrogen) atoms. The number of carbonyl (C=O) groups is 1. The second kappa shape index (κ2) is 4.65. The van der Waals surface area contributed by atoms with Gasteiger partial charge in [0.2, 0.25) is 0 Å². The molecule has 1 N–H and O–H groups in total. The van der Waals surface area contributed by atoms with E-state index in [2.05, 4.69) is 4.98 Å². The molecule has 0 unspecified atom stereocenters. The van der Waals surface area contributed by atoms with Gasteiger partial charge in [-0.2, -0.15) is 0 Å². The first-order valence-corrected chi connectivity index (χ1v) is 5.04. The van der Waals surface area contributed by atoms with Crippen molar-refractivity contribution in [2.75, 3.05) is 7.11 Å². The first kappa shape index (κ1) is 11.1. The highest BCUT2D eigenvalue weighted by atomic mass is 16.5. The number of carboxylic acids is 1. The average Bonchev–Trinajstić information content (AvgIpc) is 2.39. The predicted octanol–water partition coefficient (Wildman–Crippen LogP) is 2.46. The van der Waals surface area contributed by atoms with Gasteiger partial charge in [0.25, 0.3) is 0 Å². The molecule has 0 spiro atoms. The Morgan fingerprint density at radius 2 is 2.18 bits per heavy atom. The summed E-state index contributed by atoms with van der Waals surface area (Å²) in [5.74, 6) is -0.347. The number of benzene rings is 1. The van der Waals surface area contributed by atoms with E-state index >= 15 is 0 Å². The maximum atomic E-state index is 11.1. The van der Waals surface area contributed by atoms with Gasteiger partial charge in [0.15, 0.2) is 0 Å². The van der Waals surface area contributed by atoms with Crippen molar-refractivity contribution in [2.45, 2.75) is 0 Å². The second-order valence-corrected chi connectivity index (χ2v) is 3.46. The molecule has 86 valence electrons. The fourth-order valence-electron chi connectivity index (χ4n) is 1.60. The number of hydrogen-bond donors (Lipinski definition) is 1. The SMILES string of the molecule is COc1ccc(C(=O)O)c(-c2cccnc2)c1. The predicted molar refractivity (Wildman–Crippen MR) is 63.2 cm³/mol. The van der Waals surface area contributed by atoms with E-state index < -0.39 is 5.97 Å². The minimum absolute atomic E-state index is 0.235. The fourth-order valence-corrected chi connectivity index (χ4v) is 1.60. The van der Waals surface area contributed by atoms with Crippen LogP contribution in [0.3, 0.4) is 0 Å². The van der Waals surface area contributed by atoms with Crippen molar-refractivity contribution in [1.82, 2.24) is 4.98 Å². The van der Waals surface area contributed by atoms with E-state index in [1.165, 1.54) is 6.07 Å². The molecular formula is C13H11NO3. The zero-order valence-corrected chi connectivity index (χ0v) is 9.25. The Morgan fingerprint density at radius 1 is 1.35 bits per heavy atom. The van der Waals surface area contributed by atoms with Gasteiger partial charge in [-0.25, -0.2) is 4.79 Å². The molecule has 1 aromatic carbocycles. The van der Waals surface area contributed by atoms with E-state index in [1.807, 2.05) is 6.07 Å². The molecule has 0 amide bonds. The number of hydrogen-bond acceptors (Lipinski definition) is 3. The summed E-state index contributed by atoms with van der Waals surface area (Å²) in [6, 6.07) is 8.43. The van der Waals surface area contributed by atoms with Crippen molar-refractivity contribution in [1.29, 1.82) is 0 Å². The Kier molecular flexibility index (Phi) is 3.05. The topological polar surface area (TPSA) is 59.4 Å². The average molecular weight is 229 g/mol. The van der Waals surface area contributed by atoms with E-state index in [9.17, 15) is 4.79 Å². The third-order valence-corrected chi connectivity index (χ3v) is 2.43. The Morgan fingerprint density at radius 3 is 2.76 bits per heavy atom. The molecule has 2 rings (SSSR count). The molecule has 4 nitrogen and oxygen atoms in total. The van der Waals surface area contributed by atoms with Crippen molar-refractivity contribution < 1.29 is 14.6 Å². The van der Waals surface area contributed by atoms with Gasteiger partial charge < -0.3 is 9.84 Å². The Hall–Kier alpha value is -2.36. The first-order chi connectivity index (χ1) is 8.22. The summed E-state index contributed by atoms with van der Waals surface area (Å²) in [4.78, 5) is 15.1. The van der Waals surface area contributed by atoms with Gasteiger partial charge >= 0.3 is 5.97 Å². The smallest absolute Gasteiger partial charge is 0.336 e. The van der Waals surface area contributed by atoms with Crippen LogP contribution in [0.4, 0.5) is 0 Å². The maximum absolute atomic E-state index is 11.1. The zero-order chi connectivity index (χ0) is 12.3. The minimum atomic E-state index is -0.966. The van der Waals surface area contributed by atoms with Crippen LogP contribution >= 0.6 is 0 Å². The van der Waals surface area contributed by atoms with Gasteiger partial charge in [0, 0.05) is 23.5 Å². The molecular weight excluding hydrogens is 218 g/mol. The number of methoxy groups -OCH3 is 1. The van der Waals surface area contributed by atoms with Crippen molar-refractivity contribution in [3.8, 4) is 16.9 Å². The summed E-state index contributed by atoms with van der Waals surface area (Å²) in [6.45, 7) is 0. The summed E-state index contributed by atoms with van der Waals surface area (Å²) in [5.41, 5.74) is 1.59. The maximum Gasteiger partial charge on any atom is 0.336 e. The largest absolute Gasteiger partial charge is 0.497 e. The van der Waals surface area contributed by atoms with Crippen LogP contribution in [0.15, 0.2) is 42.7 Å². The lowest BCUT2D eigenvalue weighted by Crippen LogP contribution is -2.00. The summed E-state index contributed by atoms with van der Waals surface area (Å²) in [6.07, 6.45) is 3.27. The second-order valence-electron chi connectivity index (χ2n) is 3.46. The van der Waals surface area contributed by atoms with Crippen molar-refractivity contribution in [3.05, 3.63) is 48.3 Å². The van der Waals surface area contributed by atoms with Gasteiger partial charge in [0.1, 0.15) is 5.75 Å². The number of aromatic nitrogens is 1. The number of rotatable bonds is 3. The van der Waals surface area contributed by atoms with Gasteiger partial charge in [-0.15, -0.1) is 0 Å². The molecule has 2 aromatic rings. The molecule has 0 fully saturated rings. The van der Waals surface area contributed by atoms with Crippen LogP contribution in [0.5, 0.6) is 5.75 Å². The Bertz CT molecular complexity index is 538. The van der Waals surface area contributed by atoms with E-state index in [1.54, 1.807) is 37.7 Å². The zero-order valence-electron chi connectivity index (χ0n) is 9.25. The number of aromatic carboxylic acids is 1. The summed E-state index contributed by atoms with van der Waals surface area (Å²) in [7, 11) is 1.54. The third kappa shape index (κ3) is 2.25. The minimum Gasteiger partial charge on any atom is -0.497 e. The van der Waals surface area contributed by atoms with Crippen LogP contribution in [-0.2, 0) is 0 Å². The third-order valence-electron chi connectivity index (χ3n) is 2.43. The number of carboxylic acid groups (broad SMARTS) is 1. The highest BCUT2D eigenvalue weighted by molar-refractivity contribution is 5.96.